The van der Waals surface area contributed by atoms with Gasteiger partial charge in [-0.2, -0.15) is 0 Å². The van der Waals surface area contributed by atoms with Gasteiger partial charge < -0.3 is 41.4 Å². The molecule has 2 saturated carbocycles. The Balaban J connectivity index is 0.964. The highest BCUT2D eigenvalue weighted by atomic mass is 16.3. The minimum Gasteiger partial charge on any atom is -0.390 e. The molecule has 2 fully saturated rings. The second kappa shape index (κ2) is 10.3. The number of aliphatic hydroxyl groups excluding tert-OH is 2. The van der Waals surface area contributed by atoms with Gasteiger partial charge in [0.1, 0.15) is 11.9 Å². The molecule has 214 valence electrons. The van der Waals surface area contributed by atoms with E-state index in [2.05, 4.69) is 76.8 Å². The molecule has 39 heavy (non-hydrogen) atoms. The summed E-state index contributed by atoms with van der Waals surface area (Å²) in [5.41, 5.74) is 11.1. The van der Waals surface area contributed by atoms with Crippen LogP contribution in [0.1, 0.15) is 76.2 Å². The van der Waals surface area contributed by atoms with Crippen LogP contribution in [-0.4, -0.2) is 64.4 Å². The Morgan fingerprint density at radius 2 is 1.79 bits per heavy atom. The van der Waals surface area contributed by atoms with Crippen molar-refractivity contribution in [1.29, 1.82) is 0 Å². The van der Waals surface area contributed by atoms with E-state index in [0.29, 0.717) is 18.9 Å². The van der Waals surface area contributed by atoms with Crippen LogP contribution in [0.2, 0.25) is 0 Å². The monoisotopic (exact) mass is 537 g/mol. The highest BCUT2D eigenvalue weighted by Gasteiger charge is 2.45. The lowest BCUT2D eigenvalue weighted by molar-refractivity contribution is -0.00683. The first-order valence-electron chi connectivity index (χ1n) is 14.8. The third-order valence-corrected chi connectivity index (χ3v) is 9.75. The lowest BCUT2D eigenvalue weighted by atomic mass is 9.76. The second-order valence-electron chi connectivity index (χ2n) is 13.5. The Hall–Kier alpha value is -2.30. The third kappa shape index (κ3) is 5.15. The quantitative estimate of drug-likeness (QED) is 0.287. The Morgan fingerprint density at radius 1 is 1.03 bits per heavy atom. The predicted octanol–water partition coefficient (Wildman–Crippen LogP) is 3.35. The summed E-state index contributed by atoms with van der Waals surface area (Å²) in [4.78, 5) is 2.42. The summed E-state index contributed by atoms with van der Waals surface area (Å²) >= 11 is 0. The summed E-state index contributed by atoms with van der Waals surface area (Å²) in [6.45, 7) is 8.17. The molecule has 0 spiro atoms. The van der Waals surface area contributed by atoms with E-state index in [0.717, 1.165) is 36.7 Å². The molecule has 2 aromatic rings. The van der Waals surface area contributed by atoms with Crippen LogP contribution < -0.4 is 27.0 Å². The normalized spacial score (nSPS) is 33.6. The number of benzene rings is 1. The van der Waals surface area contributed by atoms with Crippen molar-refractivity contribution in [2.75, 3.05) is 36.2 Å². The molecule has 1 aromatic heterocycles. The minimum absolute atomic E-state index is 0.0471. The fraction of sp³-hybridized carbons (Fsp3) is 0.667. The molecular formula is C30H47N7O2. The molecule has 3 heterocycles. The largest absolute Gasteiger partial charge is 0.390 e. The predicted molar refractivity (Wildman–Crippen MR) is 157 cm³/mol. The number of aliphatic hydroxyl groups is 2. The van der Waals surface area contributed by atoms with Crippen molar-refractivity contribution in [2.24, 2.45) is 17.6 Å². The fourth-order valence-corrected chi connectivity index (χ4v) is 7.12. The number of nitrogens with zero attached hydrogens (tertiary/aromatic N) is 2. The van der Waals surface area contributed by atoms with Gasteiger partial charge in [-0.3, -0.25) is 5.32 Å². The molecular weight excluding hydrogens is 490 g/mol. The average Bonchev–Trinajstić information content (AvgIpc) is 3.54. The summed E-state index contributed by atoms with van der Waals surface area (Å²) in [5.74, 6) is 1.75. The van der Waals surface area contributed by atoms with Gasteiger partial charge in [0.2, 0.25) is 0 Å². The van der Waals surface area contributed by atoms with Crippen LogP contribution in [0.5, 0.6) is 0 Å². The van der Waals surface area contributed by atoms with Crippen LogP contribution in [0.15, 0.2) is 30.5 Å². The number of fused-ring (bicyclic) bond motifs is 2. The minimum atomic E-state index is -0.781. The molecule has 1 aromatic carbocycles. The number of anilines is 3. The first-order valence-corrected chi connectivity index (χ1v) is 14.8. The Labute approximate surface area is 232 Å². The van der Waals surface area contributed by atoms with Gasteiger partial charge in [0.15, 0.2) is 0 Å². The van der Waals surface area contributed by atoms with Crippen molar-refractivity contribution in [3.8, 4) is 0 Å². The summed E-state index contributed by atoms with van der Waals surface area (Å²) in [5, 5.41) is 35.8. The molecule has 0 amide bonds. The maximum Gasteiger partial charge on any atom is 0.113 e. The van der Waals surface area contributed by atoms with Crippen molar-refractivity contribution >= 4 is 17.2 Å². The lowest BCUT2D eigenvalue weighted by Gasteiger charge is -2.43. The van der Waals surface area contributed by atoms with E-state index >= 15 is 0 Å². The number of aromatic nitrogens is 1. The van der Waals surface area contributed by atoms with Gasteiger partial charge in [-0.15, -0.1) is 0 Å². The van der Waals surface area contributed by atoms with Gasteiger partial charge in [0.25, 0.3) is 0 Å². The van der Waals surface area contributed by atoms with Gasteiger partial charge in [-0.25, -0.2) is 0 Å². The van der Waals surface area contributed by atoms with Gasteiger partial charge in [-0.05, 0) is 74.2 Å². The van der Waals surface area contributed by atoms with E-state index in [4.69, 9.17) is 5.73 Å². The standard InChI is InChI=1S/C30H47N7O2/c1-30(2,3)19-6-7-22-23(14-19)35-25(34-22)8-5-17-11-20(12-17)36(4)15-18-13-24(27(39)26(18)38)37-10-9-21-28(31)32-16-33-29(21)37/h6-7,9-10,14,17-18,20,24-28,32-35,38-39H,5,8,11-13,15-16,31H2,1-4H3/t17-,18-,20-,24-,25?,26-,27+,28?/m1/s1. The Kier molecular flexibility index (Phi) is 7.08. The molecule has 2 aliphatic carbocycles. The van der Waals surface area contributed by atoms with E-state index in [9.17, 15) is 10.2 Å². The smallest absolute Gasteiger partial charge is 0.113 e. The van der Waals surface area contributed by atoms with E-state index in [1.165, 1.54) is 36.2 Å². The highest BCUT2D eigenvalue weighted by Crippen LogP contribution is 2.42. The lowest BCUT2D eigenvalue weighted by Crippen LogP contribution is -2.46. The zero-order valence-electron chi connectivity index (χ0n) is 23.8. The number of hydrogen-bond acceptors (Lipinski definition) is 8. The van der Waals surface area contributed by atoms with Gasteiger partial charge in [0.05, 0.1) is 42.5 Å². The molecule has 9 nitrogen and oxygen atoms in total. The second-order valence-corrected chi connectivity index (χ2v) is 13.5. The van der Waals surface area contributed by atoms with E-state index in [-0.39, 0.29) is 23.5 Å². The highest BCUT2D eigenvalue weighted by molar-refractivity contribution is 5.75. The van der Waals surface area contributed by atoms with Crippen LogP contribution in [0.3, 0.4) is 0 Å². The summed E-state index contributed by atoms with van der Waals surface area (Å²) < 4.78 is 2.08. The topological polar surface area (TPSA) is 123 Å². The van der Waals surface area contributed by atoms with Crippen molar-refractivity contribution in [3.63, 3.8) is 0 Å². The maximum atomic E-state index is 10.9. The Morgan fingerprint density at radius 3 is 2.56 bits per heavy atom. The molecule has 2 unspecified atom stereocenters. The molecule has 0 radical (unpaired) electrons. The maximum absolute atomic E-state index is 10.9. The molecule has 8 N–H and O–H groups in total. The van der Waals surface area contributed by atoms with Crippen LogP contribution >= 0.6 is 0 Å². The van der Waals surface area contributed by atoms with Crippen molar-refractivity contribution < 1.29 is 10.2 Å². The molecule has 6 rings (SSSR count). The van der Waals surface area contributed by atoms with E-state index in [1.54, 1.807) is 0 Å². The number of nitrogens with one attached hydrogen (secondary N) is 4. The summed E-state index contributed by atoms with van der Waals surface area (Å²) in [7, 11) is 2.18. The molecule has 4 aliphatic rings. The third-order valence-electron chi connectivity index (χ3n) is 9.75. The molecule has 2 aliphatic heterocycles. The zero-order valence-corrected chi connectivity index (χ0v) is 23.8. The first-order chi connectivity index (χ1) is 18.6. The van der Waals surface area contributed by atoms with Crippen LogP contribution in [-0.2, 0) is 5.41 Å². The molecule has 0 bridgehead atoms. The average molecular weight is 538 g/mol. The fourth-order valence-electron chi connectivity index (χ4n) is 7.12. The van der Waals surface area contributed by atoms with E-state index in [1.807, 2.05) is 12.3 Å². The summed E-state index contributed by atoms with van der Waals surface area (Å²) in [6.07, 6.45) is 6.08. The van der Waals surface area contributed by atoms with Crippen LogP contribution in [0.25, 0.3) is 0 Å². The van der Waals surface area contributed by atoms with Crippen molar-refractivity contribution in [2.45, 2.75) is 94.9 Å². The summed E-state index contributed by atoms with van der Waals surface area (Å²) in [6, 6.07) is 9.15. The van der Waals surface area contributed by atoms with Gasteiger partial charge in [-0.1, -0.05) is 26.8 Å². The van der Waals surface area contributed by atoms with Crippen LogP contribution in [0, 0.1) is 11.8 Å². The molecule has 9 heteroatoms. The van der Waals surface area contributed by atoms with Crippen LogP contribution in [0.4, 0.5) is 17.2 Å². The number of hydrogen-bond donors (Lipinski definition) is 7. The SMILES string of the molecule is CN(C[C@H]1C[C@@H](n2ccc3c2NCNC3N)[C@H](O)[C@@H]1O)[C@H]1C[C@H](CCC2Nc3ccc(C(C)(C)C)cc3N2)C1. The molecule has 0 saturated heterocycles. The zero-order chi connectivity index (χ0) is 27.5. The van der Waals surface area contributed by atoms with Crippen molar-refractivity contribution in [1.82, 2.24) is 14.8 Å². The Bertz CT molecular complexity index is 1170. The first kappa shape index (κ1) is 26.9. The van der Waals surface area contributed by atoms with Crippen molar-refractivity contribution in [3.05, 3.63) is 41.6 Å². The number of rotatable bonds is 7. The van der Waals surface area contributed by atoms with E-state index < -0.39 is 12.2 Å². The molecule has 6 atom stereocenters. The number of nitrogens with two attached hydrogens (primary N) is 1. The van der Waals surface area contributed by atoms with Gasteiger partial charge in [0, 0.05) is 30.3 Å². The van der Waals surface area contributed by atoms with Gasteiger partial charge >= 0.3 is 0 Å².